The van der Waals surface area contributed by atoms with Crippen LogP contribution < -0.4 is 0 Å². The minimum Gasteiger partial charge on any atom is -0.390 e. The van der Waals surface area contributed by atoms with E-state index in [9.17, 15) is 9.90 Å². The number of ketones is 1. The topological polar surface area (TPSA) is 37.3 Å². The molecule has 1 N–H and O–H groups in total. The van der Waals surface area contributed by atoms with E-state index in [1.54, 1.807) is 12.2 Å². The smallest absolute Gasteiger partial charge is 0.178 e. The molecule has 28 heavy (non-hydrogen) atoms. The standard InChI is InChI=1S/C23H33FO2S2/c1-14(2)28-22(27-5)11-9-17-18-7-6-15-12-16(25)8-10-20(15,3)23(18,24)19(26)13-21(17,22)4/h8,10,12,14,17-19,26H,6-7,9,11,13H2,1-5H3/t17-,18-,19-,20-,21-,22+,23-/m0/s1. The number of hydrogen-bond acceptors (Lipinski definition) is 4. The van der Waals surface area contributed by atoms with Gasteiger partial charge in [-0.15, -0.1) is 23.5 Å². The van der Waals surface area contributed by atoms with Crippen LogP contribution in [-0.2, 0) is 4.79 Å². The van der Waals surface area contributed by atoms with Crippen molar-refractivity contribution >= 4 is 29.3 Å². The van der Waals surface area contributed by atoms with Gasteiger partial charge in [-0.05, 0) is 68.8 Å². The molecule has 0 aromatic carbocycles. The summed E-state index contributed by atoms with van der Waals surface area (Å²) >= 11 is 3.93. The van der Waals surface area contributed by atoms with E-state index in [-0.39, 0.29) is 27.1 Å². The van der Waals surface area contributed by atoms with Gasteiger partial charge >= 0.3 is 0 Å². The second-order valence-electron chi connectivity index (χ2n) is 9.93. The fraction of sp³-hybridized carbons (Fsp3) is 0.783. The first-order chi connectivity index (χ1) is 13.0. The van der Waals surface area contributed by atoms with Crippen molar-refractivity contribution in [1.82, 2.24) is 0 Å². The third kappa shape index (κ3) is 2.48. The molecule has 0 aliphatic heterocycles. The summed E-state index contributed by atoms with van der Waals surface area (Å²) in [5.74, 6) is 0.0484. The number of aliphatic hydroxyl groups excluding tert-OH is 1. The zero-order chi connectivity index (χ0) is 20.5. The second-order valence-corrected chi connectivity index (χ2v) is 13.2. The Balaban J connectivity index is 1.79. The molecule has 0 radical (unpaired) electrons. The van der Waals surface area contributed by atoms with E-state index < -0.39 is 17.2 Å². The lowest BCUT2D eigenvalue weighted by Crippen LogP contribution is -2.67. The molecule has 3 saturated carbocycles. The fourth-order valence-electron chi connectivity index (χ4n) is 7.12. The van der Waals surface area contributed by atoms with Crippen LogP contribution in [0.15, 0.2) is 23.8 Å². The molecule has 0 unspecified atom stereocenters. The van der Waals surface area contributed by atoms with E-state index in [1.807, 2.05) is 30.4 Å². The maximum atomic E-state index is 17.0. The summed E-state index contributed by atoms with van der Waals surface area (Å²) in [6, 6.07) is 0. The average molecular weight is 425 g/mol. The van der Waals surface area contributed by atoms with Gasteiger partial charge in [-0.3, -0.25) is 4.79 Å². The Hall–Kier alpha value is -0.260. The number of carbonyl (C=O) groups is 1. The van der Waals surface area contributed by atoms with Gasteiger partial charge in [0.15, 0.2) is 11.5 Å². The van der Waals surface area contributed by atoms with Crippen LogP contribution in [0.1, 0.15) is 59.8 Å². The lowest BCUT2D eigenvalue weighted by Gasteiger charge is -2.63. The van der Waals surface area contributed by atoms with Crippen molar-refractivity contribution in [3.05, 3.63) is 23.8 Å². The van der Waals surface area contributed by atoms with Crippen LogP contribution in [-0.4, -0.2) is 38.2 Å². The van der Waals surface area contributed by atoms with Crippen molar-refractivity contribution in [3.63, 3.8) is 0 Å². The molecule has 0 amide bonds. The van der Waals surface area contributed by atoms with Crippen LogP contribution in [0.3, 0.4) is 0 Å². The van der Waals surface area contributed by atoms with Crippen LogP contribution in [0.4, 0.5) is 4.39 Å². The van der Waals surface area contributed by atoms with E-state index in [4.69, 9.17) is 0 Å². The molecule has 5 heteroatoms. The van der Waals surface area contributed by atoms with Crippen LogP contribution in [0.5, 0.6) is 0 Å². The highest BCUT2D eigenvalue weighted by molar-refractivity contribution is 8.18. The maximum absolute atomic E-state index is 17.0. The van der Waals surface area contributed by atoms with Gasteiger partial charge in [0.25, 0.3) is 0 Å². The monoisotopic (exact) mass is 424 g/mol. The fourth-order valence-corrected chi connectivity index (χ4v) is 10.6. The van der Waals surface area contributed by atoms with Gasteiger partial charge in [-0.2, -0.15) is 0 Å². The first-order valence-corrected chi connectivity index (χ1v) is 12.7. The highest BCUT2D eigenvalue weighted by Gasteiger charge is 2.73. The first-order valence-electron chi connectivity index (χ1n) is 10.6. The number of aliphatic hydroxyl groups is 1. The van der Waals surface area contributed by atoms with Crippen LogP contribution in [0, 0.1) is 22.7 Å². The van der Waals surface area contributed by atoms with Gasteiger partial charge in [0.2, 0.25) is 0 Å². The van der Waals surface area contributed by atoms with E-state index >= 15 is 4.39 Å². The Morgan fingerprint density at radius 2 is 1.96 bits per heavy atom. The van der Waals surface area contributed by atoms with E-state index in [2.05, 4.69) is 27.0 Å². The van der Waals surface area contributed by atoms with Crippen molar-refractivity contribution in [3.8, 4) is 0 Å². The molecule has 0 aromatic heterocycles. The Bertz CT molecular complexity index is 749. The molecule has 0 aromatic rings. The third-order valence-corrected chi connectivity index (χ3v) is 12.1. The zero-order valence-corrected chi connectivity index (χ0v) is 19.3. The van der Waals surface area contributed by atoms with Crippen molar-refractivity contribution in [2.24, 2.45) is 22.7 Å². The molecule has 4 rings (SSSR count). The number of carbonyl (C=O) groups excluding carboxylic acids is 1. The normalized spacial score (nSPS) is 50.2. The summed E-state index contributed by atoms with van der Waals surface area (Å²) < 4.78 is 17.0. The van der Waals surface area contributed by atoms with Gasteiger partial charge in [0, 0.05) is 16.6 Å². The lowest BCUT2D eigenvalue weighted by atomic mass is 9.46. The molecule has 3 fully saturated rings. The number of fused-ring (bicyclic) bond motifs is 5. The largest absolute Gasteiger partial charge is 0.390 e. The number of allylic oxidation sites excluding steroid dienone is 4. The summed E-state index contributed by atoms with van der Waals surface area (Å²) in [6.07, 6.45) is 10.1. The molecule has 4 aliphatic carbocycles. The van der Waals surface area contributed by atoms with Crippen LogP contribution in [0.2, 0.25) is 0 Å². The molecule has 156 valence electrons. The highest BCUT2D eigenvalue weighted by atomic mass is 32.2. The molecule has 7 atom stereocenters. The predicted molar refractivity (Wildman–Crippen MR) is 117 cm³/mol. The van der Waals surface area contributed by atoms with E-state index in [1.165, 1.54) is 6.08 Å². The summed E-state index contributed by atoms with van der Waals surface area (Å²) in [5, 5.41) is 11.9. The molecule has 0 heterocycles. The minimum atomic E-state index is -1.70. The number of halogens is 1. The Morgan fingerprint density at radius 1 is 1.25 bits per heavy atom. The van der Waals surface area contributed by atoms with Gasteiger partial charge in [-0.25, -0.2) is 4.39 Å². The first kappa shape index (κ1) is 21.0. The summed E-state index contributed by atoms with van der Waals surface area (Å²) in [4.78, 5) is 11.9. The second kappa shape index (κ2) is 6.62. The van der Waals surface area contributed by atoms with Crippen molar-refractivity contribution in [2.75, 3.05) is 6.26 Å². The number of thioether (sulfide) groups is 2. The molecular weight excluding hydrogens is 391 g/mol. The molecule has 0 bridgehead atoms. The summed E-state index contributed by atoms with van der Waals surface area (Å²) in [5.41, 5.74) is -1.80. The molecule has 2 nitrogen and oxygen atoms in total. The number of alkyl halides is 1. The Morgan fingerprint density at radius 3 is 2.61 bits per heavy atom. The third-order valence-electron chi connectivity index (χ3n) is 8.44. The molecule has 0 saturated heterocycles. The Labute approximate surface area is 177 Å². The number of hydrogen-bond donors (Lipinski definition) is 1. The summed E-state index contributed by atoms with van der Waals surface area (Å²) in [6.45, 7) is 8.69. The zero-order valence-electron chi connectivity index (χ0n) is 17.6. The SMILES string of the molecule is CS[C@@]1(SC(C)C)CC[C@H]2[C@@H]3CCC4=CC(=O)C=C[C@]4(C)[C@@]3(F)[C@@H](O)C[C@@]21C. The van der Waals surface area contributed by atoms with Crippen LogP contribution >= 0.6 is 23.5 Å². The van der Waals surface area contributed by atoms with E-state index in [0.29, 0.717) is 11.7 Å². The van der Waals surface area contributed by atoms with Gasteiger partial charge in [0.05, 0.1) is 10.2 Å². The minimum absolute atomic E-state index is 0.0313. The van der Waals surface area contributed by atoms with Crippen molar-refractivity contribution < 1.29 is 14.3 Å². The Kier molecular flexibility index (Phi) is 4.96. The highest BCUT2D eigenvalue weighted by Crippen LogP contribution is 2.73. The van der Waals surface area contributed by atoms with Crippen LogP contribution in [0.25, 0.3) is 0 Å². The number of rotatable bonds is 3. The lowest BCUT2D eigenvalue weighted by molar-refractivity contribution is -0.189. The quantitative estimate of drug-likeness (QED) is 0.602. The van der Waals surface area contributed by atoms with Crippen molar-refractivity contribution in [2.45, 2.75) is 80.9 Å². The maximum Gasteiger partial charge on any atom is 0.178 e. The van der Waals surface area contributed by atoms with E-state index in [0.717, 1.165) is 31.3 Å². The summed E-state index contributed by atoms with van der Waals surface area (Å²) in [7, 11) is 0. The molecular formula is C23H33FO2S2. The van der Waals surface area contributed by atoms with Crippen molar-refractivity contribution in [1.29, 1.82) is 0 Å². The van der Waals surface area contributed by atoms with Gasteiger partial charge in [0.1, 0.15) is 0 Å². The average Bonchev–Trinajstić information content (AvgIpc) is 2.89. The molecule has 4 aliphatic rings. The van der Waals surface area contributed by atoms with Gasteiger partial charge in [-0.1, -0.05) is 32.4 Å². The predicted octanol–water partition coefficient (Wildman–Crippen LogP) is 5.56. The van der Waals surface area contributed by atoms with Gasteiger partial charge < -0.3 is 5.11 Å². The molecule has 0 spiro atoms.